The van der Waals surface area contributed by atoms with Crippen molar-refractivity contribution in [3.63, 3.8) is 0 Å². The van der Waals surface area contributed by atoms with Crippen LogP contribution >= 0.6 is 0 Å². The van der Waals surface area contributed by atoms with Crippen LogP contribution < -0.4 is 11.1 Å². The number of nitrogens with one attached hydrogen (secondary N) is 1. The van der Waals surface area contributed by atoms with Crippen LogP contribution in [0.25, 0.3) is 0 Å². The lowest BCUT2D eigenvalue weighted by molar-refractivity contribution is -0.121. The summed E-state index contributed by atoms with van der Waals surface area (Å²) in [6.45, 7) is 3.28. The molecule has 2 atom stereocenters. The molecule has 1 amide bonds. The van der Waals surface area contributed by atoms with Crippen molar-refractivity contribution < 1.29 is 9.00 Å². The van der Waals surface area contributed by atoms with E-state index in [-0.39, 0.29) is 5.91 Å². The van der Waals surface area contributed by atoms with Gasteiger partial charge in [-0.2, -0.15) is 0 Å². The molecule has 0 saturated carbocycles. The molecule has 15 heavy (non-hydrogen) atoms. The molecule has 5 heteroatoms. The Morgan fingerprint density at radius 3 is 2.67 bits per heavy atom. The van der Waals surface area contributed by atoms with Crippen molar-refractivity contribution in [2.75, 3.05) is 25.1 Å². The number of amides is 1. The van der Waals surface area contributed by atoms with E-state index >= 15 is 0 Å². The molecule has 0 aromatic rings. The van der Waals surface area contributed by atoms with Gasteiger partial charge in [-0.05, 0) is 25.3 Å². The maximum atomic E-state index is 11.3. The molecule has 0 spiro atoms. The van der Waals surface area contributed by atoms with Crippen LogP contribution in [0.2, 0.25) is 0 Å². The molecule has 0 aromatic heterocycles. The Bertz CT molecular complexity index is 210. The summed E-state index contributed by atoms with van der Waals surface area (Å²) in [7, 11) is -0.829. The molecule has 0 aliphatic carbocycles. The highest BCUT2D eigenvalue weighted by molar-refractivity contribution is 7.84. The Morgan fingerprint density at radius 1 is 1.47 bits per heavy atom. The molecule has 90 valence electrons. The Kier molecular flexibility index (Phi) is 8.61. The standard InChI is InChI=1S/C10H22N2O2S/c1-9(5-6-11)3-4-10(13)12-7-8-15(2)14/h9H,3-8,11H2,1-2H3,(H,12,13). The second kappa shape index (κ2) is 8.85. The lowest BCUT2D eigenvalue weighted by Gasteiger charge is -2.09. The van der Waals surface area contributed by atoms with E-state index in [4.69, 9.17) is 5.73 Å². The first-order valence-electron chi connectivity index (χ1n) is 5.33. The van der Waals surface area contributed by atoms with E-state index < -0.39 is 10.8 Å². The van der Waals surface area contributed by atoms with Gasteiger partial charge in [0.25, 0.3) is 0 Å². The van der Waals surface area contributed by atoms with E-state index in [1.807, 2.05) is 0 Å². The number of carbonyl (C=O) groups excluding carboxylic acids is 1. The molecule has 3 N–H and O–H groups in total. The number of hydrogen-bond acceptors (Lipinski definition) is 3. The summed E-state index contributed by atoms with van der Waals surface area (Å²) in [4.78, 5) is 11.3. The van der Waals surface area contributed by atoms with Crippen molar-refractivity contribution in [2.45, 2.75) is 26.2 Å². The highest BCUT2D eigenvalue weighted by Gasteiger charge is 2.05. The van der Waals surface area contributed by atoms with E-state index in [1.165, 1.54) is 0 Å². The quantitative estimate of drug-likeness (QED) is 0.632. The maximum absolute atomic E-state index is 11.3. The van der Waals surface area contributed by atoms with Crippen molar-refractivity contribution in [2.24, 2.45) is 11.7 Å². The first-order valence-corrected chi connectivity index (χ1v) is 7.05. The molecular weight excluding hydrogens is 212 g/mol. The van der Waals surface area contributed by atoms with E-state index in [0.717, 1.165) is 12.8 Å². The third kappa shape index (κ3) is 9.87. The van der Waals surface area contributed by atoms with Crippen molar-refractivity contribution in [1.82, 2.24) is 5.32 Å². The Hall–Kier alpha value is -0.420. The largest absolute Gasteiger partial charge is 0.355 e. The smallest absolute Gasteiger partial charge is 0.220 e. The Labute approximate surface area is 94.4 Å². The van der Waals surface area contributed by atoms with Crippen LogP contribution in [0.5, 0.6) is 0 Å². The van der Waals surface area contributed by atoms with Gasteiger partial charge < -0.3 is 11.1 Å². The molecule has 2 unspecified atom stereocenters. The number of rotatable bonds is 8. The fourth-order valence-corrected chi connectivity index (χ4v) is 1.62. The molecule has 0 heterocycles. The lowest BCUT2D eigenvalue weighted by Crippen LogP contribution is -2.27. The van der Waals surface area contributed by atoms with Gasteiger partial charge in [0.2, 0.25) is 5.91 Å². The summed E-state index contributed by atoms with van der Waals surface area (Å²) in [5.74, 6) is 1.08. The third-order valence-electron chi connectivity index (χ3n) is 2.24. The van der Waals surface area contributed by atoms with Gasteiger partial charge in [-0.15, -0.1) is 0 Å². The molecule has 0 bridgehead atoms. The van der Waals surface area contributed by atoms with Crippen molar-refractivity contribution in [3.05, 3.63) is 0 Å². The lowest BCUT2D eigenvalue weighted by atomic mass is 10.0. The zero-order valence-electron chi connectivity index (χ0n) is 9.62. The number of carbonyl (C=O) groups is 1. The molecule has 0 fully saturated rings. The topological polar surface area (TPSA) is 72.2 Å². The second-order valence-corrected chi connectivity index (χ2v) is 5.40. The number of hydrogen-bond donors (Lipinski definition) is 2. The fraction of sp³-hybridized carbons (Fsp3) is 0.900. The zero-order valence-corrected chi connectivity index (χ0v) is 10.4. The van der Waals surface area contributed by atoms with Crippen molar-refractivity contribution >= 4 is 16.7 Å². The normalized spacial score (nSPS) is 14.6. The van der Waals surface area contributed by atoms with Crippen LogP contribution in [-0.4, -0.2) is 35.2 Å². The van der Waals surface area contributed by atoms with Crippen LogP contribution in [0.3, 0.4) is 0 Å². The predicted molar refractivity (Wildman–Crippen MR) is 64.0 cm³/mol. The molecule has 0 aliphatic rings. The first-order chi connectivity index (χ1) is 7.06. The molecule has 0 saturated heterocycles. The van der Waals surface area contributed by atoms with Crippen LogP contribution in [0, 0.1) is 5.92 Å². The molecule has 0 radical (unpaired) electrons. The van der Waals surface area contributed by atoms with Gasteiger partial charge in [0, 0.05) is 35.8 Å². The summed E-state index contributed by atoms with van der Waals surface area (Å²) in [5.41, 5.74) is 5.41. The minimum absolute atomic E-state index is 0.0457. The minimum atomic E-state index is -0.829. The highest BCUT2D eigenvalue weighted by Crippen LogP contribution is 2.08. The van der Waals surface area contributed by atoms with Gasteiger partial charge >= 0.3 is 0 Å². The Balaban J connectivity index is 3.44. The summed E-state index contributed by atoms with van der Waals surface area (Å²) in [6, 6.07) is 0. The minimum Gasteiger partial charge on any atom is -0.355 e. The van der Waals surface area contributed by atoms with E-state index in [1.54, 1.807) is 6.26 Å². The van der Waals surface area contributed by atoms with Gasteiger partial charge in [-0.1, -0.05) is 6.92 Å². The highest BCUT2D eigenvalue weighted by atomic mass is 32.2. The van der Waals surface area contributed by atoms with Crippen LogP contribution in [0.4, 0.5) is 0 Å². The van der Waals surface area contributed by atoms with Gasteiger partial charge in [0.1, 0.15) is 0 Å². The molecular formula is C10H22N2O2S. The fourth-order valence-electron chi connectivity index (χ4n) is 1.23. The Morgan fingerprint density at radius 2 is 2.13 bits per heavy atom. The number of nitrogens with two attached hydrogens (primary N) is 1. The summed E-state index contributed by atoms with van der Waals surface area (Å²) >= 11 is 0. The van der Waals surface area contributed by atoms with Gasteiger partial charge in [-0.3, -0.25) is 9.00 Å². The maximum Gasteiger partial charge on any atom is 0.220 e. The molecule has 0 aromatic carbocycles. The van der Waals surface area contributed by atoms with E-state index in [2.05, 4.69) is 12.2 Å². The van der Waals surface area contributed by atoms with Crippen molar-refractivity contribution in [3.8, 4) is 0 Å². The molecule has 4 nitrogen and oxygen atoms in total. The monoisotopic (exact) mass is 234 g/mol. The van der Waals surface area contributed by atoms with Gasteiger partial charge in [0.15, 0.2) is 0 Å². The average molecular weight is 234 g/mol. The van der Waals surface area contributed by atoms with Crippen molar-refractivity contribution in [1.29, 1.82) is 0 Å². The summed E-state index contributed by atoms with van der Waals surface area (Å²) < 4.78 is 10.7. The van der Waals surface area contributed by atoms with Crippen LogP contribution in [-0.2, 0) is 15.6 Å². The third-order valence-corrected chi connectivity index (χ3v) is 3.01. The average Bonchev–Trinajstić information content (AvgIpc) is 2.14. The predicted octanol–water partition coefficient (Wildman–Crippen LogP) is 0.246. The zero-order chi connectivity index (χ0) is 11.7. The molecule has 0 rings (SSSR count). The second-order valence-electron chi connectivity index (χ2n) is 3.85. The SMILES string of the molecule is CC(CCN)CCC(=O)NCCS(C)=O. The summed E-state index contributed by atoms with van der Waals surface area (Å²) in [5, 5.41) is 2.75. The first kappa shape index (κ1) is 14.6. The van der Waals surface area contributed by atoms with Gasteiger partial charge in [0.05, 0.1) is 0 Å². The van der Waals surface area contributed by atoms with Crippen LogP contribution in [0.1, 0.15) is 26.2 Å². The van der Waals surface area contributed by atoms with E-state index in [9.17, 15) is 9.00 Å². The van der Waals surface area contributed by atoms with Gasteiger partial charge in [-0.25, -0.2) is 0 Å². The summed E-state index contributed by atoms with van der Waals surface area (Å²) in [6.07, 6.45) is 4.01. The van der Waals surface area contributed by atoms with Crippen LogP contribution in [0.15, 0.2) is 0 Å². The molecule has 0 aliphatic heterocycles. The van der Waals surface area contributed by atoms with E-state index in [0.29, 0.717) is 31.2 Å².